The molecule has 0 amide bonds. The largest absolute Gasteiger partial charge is 0.414 e. The Hall–Kier alpha value is -0.999. The van der Waals surface area contributed by atoms with E-state index in [0.717, 1.165) is 0 Å². The van der Waals surface area contributed by atoms with Gasteiger partial charge in [-0.1, -0.05) is 62.3 Å². The molecule has 0 spiro atoms. The van der Waals surface area contributed by atoms with Crippen molar-refractivity contribution in [2.24, 2.45) is 0 Å². The molecular weight excluding hydrogens is 581 g/mol. The Bertz CT molecular complexity index is 1210. The molecule has 3 rings (SSSR count). The summed E-state index contributed by atoms with van der Waals surface area (Å²) in [5.74, 6) is 0. The van der Waals surface area contributed by atoms with Gasteiger partial charge in [-0.3, -0.25) is 4.57 Å². The molecule has 9 nitrogen and oxygen atoms in total. The first-order chi connectivity index (χ1) is 18.9. The van der Waals surface area contributed by atoms with Gasteiger partial charge in [0.2, 0.25) is 0 Å². The van der Waals surface area contributed by atoms with Crippen LogP contribution in [-0.2, 0) is 24.4 Å². The van der Waals surface area contributed by atoms with Crippen molar-refractivity contribution in [2.75, 3.05) is 13.2 Å². The predicted molar refractivity (Wildman–Crippen MR) is 177 cm³/mol. The van der Waals surface area contributed by atoms with Crippen LogP contribution in [0.3, 0.4) is 0 Å². The molecule has 1 aliphatic heterocycles. The van der Waals surface area contributed by atoms with Gasteiger partial charge < -0.3 is 23.1 Å². The lowest BCUT2D eigenvalue weighted by atomic mass is 10.1. The number of nitrogens with zero attached hydrogens (tertiary/aromatic N) is 4. The third kappa shape index (κ3) is 7.27. The minimum atomic E-state index is -2.27. The van der Waals surface area contributed by atoms with Gasteiger partial charge in [0, 0.05) is 13.0 Å². The molecule has 1 N–H and O–H groups in total. The van der Waals surface area contributed by atoms with Crippen molar-refractivity contribution in [1.82, 2.24) is 19.5 Å². The van der Waals surface area contributed by atoms with E-state index in [-0.39, 0.29) is 40.0 Å². The van der Waals surface area contributed by atoms with Crippen LogP contribution in [-0.4, -0.2) is 81.1 Å². The monoisotopic (exact) mass is 638 g/mol. The first kappa shape index (κ1) is 35.5. The number of aliphatic hydroxyl groups is 1. The minimum absolute atomic E-state index is 0.00553. The second-order valence-electron chi connectivity index (χ2n) is 16.4. The van der Waals surface area contributed by atoms with Crippen LogP contribution in [0.5, 0.6) is 0 Å². The van der Waals surface area contributed by atoms with E-state index >= 15 is 0 Å². The van der Waals surface area contributed by atoms with Crippen molar-refractivity contribution in [3.8, 4) is 0 Å². The zero-order valence-corrected chi connectivity index (χ0v) is 32.0. The fraction of sp³-hybridized carbons (Fsp3) is 0.833. The third-order valence-corrected chi connectivity index (χ3v) is 23.7. The lowest BCUT2D eigenvalue weighted by molar-refractivity contribution is -0.0470. The van der Waals surface area contributed by atoms with E-state index in [1.54, 1.807) is 6.33 Å². The first-order valence-electron chi connectivity index (χ1n) is 15.4. The molecule has 2 aromatic rings. The molecular formula is C30H58N4O5Si3. The van der Waals surface area contributed by atoms with Crippen molar-refractivity contribution < 1.29 is 23.1 Å². The van der Waals surface area contributed by atoms with Gasteiger partial charge in [-0.2, -0.15) is 0 Å². The average molecular weight is 639 g/mol. The Labute approximate surface area is 257 Å². The molecule has 2 aromatic heterocycles. The Morgan fingerprint density at radius 2 is 1.31 bits per heavy atom. The molecule has 4 atom stereocenters. The van der Waals surface area contributed by atoms with Crippen molar-refractivity contribution in [3.63, 3.8) is 0 Å². The molecule has 1 aliphatic rings. The second kappa shape index (κ2) is 12.1. The Balaban J connectivity index is 2.17. The lowest BCUT2D eigenvalue weighted by Gasteiger charge is -2.44. The topological polar surface area (TPSA) is 101 Å². The van der Waals surface area contributed by atoms with Gasteiger partial charge in [-0.05, 0) is 54.4 Å². The highest BCUT2D eigenvalue weighted by Crippen LogP contribution is 2.47. The van der Waals surface area contributed by atoms with Crippen LogP contribution in [0.25, 0.3) is 11.2 Å². The van der Waals surface area contributed by atoms with Crippen LogP contribution in [0.1, 0.15) is 74.2 Å². The van der Waals surface area contributed by atoms with Crippen molar-refractivity contribution in [3.05, 3.63) is 18.3 Å². The smallest absolute Gasteiger partial charge is 0.192 e. The molecule has 3 heterocycles. The van der Waals surface area contributed by atoms with Crippen LogP contribution < -0.4 is 0 Å². The van der Waals surface area contributed by atoms with Crippen LogP contribution in [0.2, 0.25) is 54.4 Å². The standard InChI is InChI=1S/C30H58N4O5Si3/c1-28(2,3)40(10,11)36-18-22-24(38-41(12,13)29(4,5)6)25(39-42(14,15)30(7,8)9)27(37-22)34-20-33-23-21(16-17-35)31-19-32-26(23)34/h19-20,22,24-25,27,35H,16-18H2,1-15H3/t22-,24-,25-,27-/m1/s1. The van der Waals surface area contributed by atoms with Crippen molar-refractivity contribution in [1.29, 1.82) is 0 Å². The van der Waals surface area contributed by atoms with E-state index in [1.165, 1.54) is 6.33 Å². The number of hydrogen-bond acceptors (Lipinski definition) is 8. The minimum Gasteiger partial charge on any atom is -0.414 e. The normalized spacial score (nSPS) is 23.2. The average Bonchev–Trinajstić information content (AvgIpc) is 3.37. The summed E-state index contributed by atoms with van der Waals surface area (Å²) in [7, 11) is -6.58. The first-order valence-corrected chi connectivity index (χ1v) is 24.1. The van der Waals surface area contributed by atoms with Crippen LogP contribution >= 0.6 is 0 Å². The van der Waals surface area contributed by atoms with Gasteiger partial charge in [0.25, 0.3) is 0 Å². The summed E-state index contributed by atoms with van der Waals surface area (Å²) in [6, 6.07) is 0. The summed E-state index contributed by atoms with van der Waals surface area (Å²) >= 11 is 0. The molecule has 240 valence electrons. The van der Waals surface area contributed by atoms with Gasteiger partial charge in [0.15, 0.2) is 36.8 Å². The molecule has 0 bridgehead atoms. The van der Waals surface area contributed by atoms with Crippen molar-refractivity contribution in [2.45, 2.75) is 148 Å². The van der Waals surface area contributed by atoms with E-state index in [1.807, 2.05) is 4.57 Å². The van der Waals surface area contributed by atoms with E-state index < -0.39 is 31.2 Å². The summed E-state index contributed by atoms with van der Waals surface area (Å²) in [6.07, 6.45) is 2.16. The third-order valence-electron chi connectivity index (χ3n) is 10.2. The number of imidazole rings is 1. The molecule has 1 fully saturated rings. The highest BCUT2D eigenvalue weighted by molar-refractivity contribution is 6.75. The summed E-state index contributed by atoms with van der Waals surface area (Å²) < 4.78 is 30.2. The maximum absolute atomic E-state index is 9.61. The fourth-order valence-electron chi connectivity index (χ4n) is 4.25. The molecule has 42 heavy (non-hydrogen) atoms. The van der Waals surface area contributed by atoms with E-state index in [2.05, 4.69) is 117 Å². The predicted octanol–water partition coefficient (Wildman–Crippen LogP) is 7.06. The number of ether oxygens (including phenoxy) is 1. The molecule has 0 saturated carbocycles. The highest BCUT2D eigenvalue weighted by Gasteiger charge is 2.55. The van der Waals surface area contributed by atoms with Crippen LogP contribution in [0.4, 0.5) is 0 Å². The van der Waals surface area contributed by atoms with Gasteiger partial charge in [0.1, 0.15) is 30.2 Å². The van der Waals surface area contributed by atoms with Crippen LogP contribution in [0.15, 0.2) is 12.7 Å². The Morgan fingerprint density at radius 3 is 1.81 bits per heavy atom. The van der Waals surface area contributed by atoms with Gasteiger partial charge >= 0.3 is 0 Å². The van der Waals surface area contributed by atoms with Gasteiger partial charge in [0.05, 0.1) is 18.6 Å². The van der Waals surface area contributed by atoms with Crippen LogP contribution in [0, 0.1) is 0 Å². The zero-order valence-electron chi connectivity index (χ0n) is 29.0. The number of fused-ring (bicyclic) bond motifs is 1. The molecule has 1 saturated heterocycles. The zero-order chi connectivity index (χ0) is 32.1. The molecule has 0 aromatic carbocycles. The Kier molecular flexibility index (Phi) is 10.2. The number of aliphatic hydroxyl groups excluding tert-OH is 1. The lowest BCUT2D eigenvalue weighted by Crippen LogP contribution is -2.54. The summed E-state index contributed by atoms with van der Waals surface area (Å²) in [4.78, 5) is 13.7. The second-order valence-corrected chi connectivity index (χ2v) is 30.8. The number of hydrogen-bond donors (Lipinski definition) is 1. The molecule has 12 heteroatoms. The van der Waals surface area contributed by atoms with Crippen molar-refractivity contribution >= 4 is 36.1 Å². The highest BCUT2D eigenvalue weighted by atomic mass is 28.4. The fourth-order valence-corrected chi connectivity index (χ4v) is 7.87. The Morgan fingerprint density at radius 1 is 0.786 bits per heavy atom. The maximum atomic E-state index is 9.61. The summed E-state index contributed by atoms with van der Waals surface area (Å²) in [5.41, 5.74) is 2.05. The molecule has 0 unspecified atom stereocenters. The maximum Gasteiger partial charge on any atom is 0.192 e. The number of aromatic nitrogens is 4. The van der Waals surface area contributed by atoms with Gasteiger partial charge in [-0.25, -0.2) is 15.0 Å². The molecule has 0 aliphatic carbocycles. The summed E-state index contributed by atoms with van der Waals surface area (Å²) in [6.45, 7) is 34.4. The number of rotatable bonds is 10. The summed E-state index contributed by atoms with van der Waals surface area (Å²) in [5, 5.41) is 9.67. The SMILES string of the molecule is CC(C)(C)[Si](C)(C)OC[C@H]1O[C@@H](n2cnc3c(CCO)ncnc32)[C@H](O[Si](C)(C)C(C)(C)C)[C@@H]1O[Si](C)(C)C(C)(C)C. The quantitative estimate of drug-likeness (QED) is 0.276. The molecule has 0 radical (unpaired) electrons. The van der Waals surface area contributed by atoms with E-state index in [4.69, 9.17) is 18.0 Å². The van der Waals surface area contributed by atoms with Gasteiger partial charge in [-0.15, -0.1) is 0 Å². The van der Waals surface area contributed by atoms with E-state index in [9.17, 15) is 5.11 Å². The van der Waals surface area contributed by atoms with E-state index in [0.29, 0.717) is 29.9 Å².